The normalized spacial score (nSPS) is 23.2. The molecule has 0 aliphatic carbocycles. The molecule has 1 unspecified atom stereocenters. The zero-order chi connectivity index (χ0) is 15.6. The topological polar surface area (TPSA) is 64.6 Å². The molecule has 1 aromatic heterocycles. The van der Waals surface area contributed by atoms with Gasteiger partial charge in [0.05, 0.1) is 31.6 Å². The van der Waals surface area contributed by atoms with E-state index in [-0.39, 0.29) is 17.6 Å². The molecule has 120 valence electrons. The molecular formula is C16H23N3O3. The minimum atomic E-state index is -0.219. The van der Waals surface area contributed by atoms with Crippen LogP contribution in [0.25, 0.3) is 0 Å². The number of hydrogen-bond donors (Lipinski definition) is 0. The van der Waals surface area contributed by atoms with Crippen LogP contribution < -0.4 is 4.74 Å². The molecule has 2 aliphatic heterocycles. The Labute approximate surface area is 130 Å². The van der Waals surface area contributed by atoms with Gasteiger partial charge in [-0.3, -0.25) is 9.78 Å². The van der Waals surface area contributed by atoms with Gasteiger partial charge in [-0.05, 0) is 13.3 Å². The first-order valence-electron chi connectivity index (χ1n) is 7.97. The first kappa shape index (κ1) is 15.2. The average Bonchev–Trinajstić information content (AvgIpc) is 2.45. The van der Waals surface area contributed by atoms with Crippen molar-refractivity contribution >= 4 is 5.91 Å². The monoisotopic (exact) mass is 305 g/mol. The van der Waals surface area contributed by atoms with E-state index in [1.165, 1.54) is 0 Å². The highest BCUT2D eigenvalue weighted by Crippen LogP contribution is 2.35. The van der Waals surface area contributed by atoms with Crippen LogP contribution in [0.5, 0.6) is 5.88 Å². The lowest BCUT2D eigenvalue weighted by Gasteiger charge is -2.52. The summed E-state index contributed by atoms with van der Waals surface area (Å²) >= 11 is 0. The standard InChI is InChI=1S/C16H23N3O3/c1-3-4-15(20)19-10-16(11-19)7-13(5-6-21-16)22-14-9-17-8-12(2)18-14/h8-9,13H,3-7,10-11H2,1-2H3. The molecule has 1 spiro atoms. The van der Waals surface area contributed by atoms with Crippen molar-refractivity contribution in [2.75, 3.05) is 19.7 Å². The summed E-state index contributed by atoms with van der Waals surface area (Å²) in [5.74, 6) is 0.796. The SMILES string of the molecule is CCCC(=O)N1CC2(CC(Oc3cncc(C)n3)CCO2)C1. The summed E-state index contributed by atoms with van der Waals surface area (Å²) in [6.45, 7) is 5.96. The lowest BCUT2D eigenvalue weighted by atomic mass is 9.84. The Bertz CT molecular complexity index is 543. The third-order valence-electron chi connectivity index (χ3n) is 4.24. The fraction of sp³-hybridized carbons (Fsp3) is 0.688. The van der Waals surface area contributed by atoms with Crippen LogP contribution in [-0.2, 0) is 9.53 Å². The lowest BCUT2D eigenvalue weighted by Crippen LogP contribution is -2.67. The molecule has 3 heterocycles. The highest BCUT2D eigenvalue weighted by Gasteiger charge is 2.49. The Morgan fingerprint density at radius 1 is 1.50 bits per heavy atom. The van der Waals surface area contributed by atoms with Crippen LogP contribution >= 0.6 is 0 Å². The Hall–Kier alpha value is -1.69. The van der Waals surface area contributed by atoms with Crippen molar-refractivity contribution in [3.8, 4) is 5.88 Å². The van der Waals surface area contributed by atoms with Crippen LogP contribution in [0.4, 0.5) is 0 Å². The summed E-state index contributed by atoms with van der Waals surface area (Å²) in [7, 11) is 0. The highest BCUT2D eigenvalue weighted by molar-refractivity contribution is 5.77. The number of aryl methyl sites for hydroxylation is 1. The second kappa shape index (κ2) is 6.20. The maximum Gasteiger partial charge on any atom is 0.232 e. The number of ether oxygens (including phenoxy) is 2. The molecule has 0 saturated carbocycles. The number of nitrogens with zero attached hydrogens (tertiary/aromatic N) is 3. The fourth-order valence-electron chi connectivity index (χ4n) is 3.17. The number of likely N-dealkylation sites (tertiary alicyclic amines) is 1. The third kappa shape index (κ3) is 3.21. The van der Waals surface area contributed by atoms with Gasteiger partial charge < -0.3 is 14.4 Å². The zero-order valence-electron chi connectivity index (χ0n) is 13.2. The van der Waals surface area contributed by atoms with Crippen molar-refractivity contribution in [2.24, 2.45) is 0 Å². The van der Waals surface area contributed by atoms with Crippen molar-refractivity contribution < 1.29 is 14.3 Å². The van der Waals surface area contributed by atoms with Gasteiger partial charge in [-0.2, -0.15) is 0 Å². The van der Waals surface area contributed by atoms with Crippen LogP contribution in [0.2, 0.25) is 0 Å². The van der Waals surface area contributed by atoms with Gasteiger partial charge in [0.2, 0.25) is 11.8 Å². The van der Waals surface area contributed by atoms with Crippen molar-refractivity contribution in [3.05, 3.63) is 18.1 Å². The number of carbonyl (C=O) groups excluding carboxylic acids is 1. The van der Waals surface area contributed by atoms with E-state index in [9.17, 15) is 4.79 Å². The van der Waals surface area contributed by atoms with Crippen LogP contribution in [0.1, 0.15) is 38.3 Å². The second-order valence-corrected chi connectivity index (χ2v) is 6.26. The molecule has 0 N–H and O–H groups in total. The molecule has 0 aromatic carbocycles. The Morgan fingerprint density at radius 3 is 3.05 bits per heavy atom. The largest absolute Gasteiger partial charge is 0.473 e. The molecule has 0 radical (unpaired) electrons. The van der Waals surface area contributed by atoms with E-state index in [4.69, 9.17) is 9.47 Å². The van der Waals surface area contributed by atoms with Gasteiger partial charge in [-0.15, -0.1) is 0 Å². The molecule has 2 aliphatic rings. The first-order valence-corrected chi connectivity index (χ1v) is 7.97. The molecule has 2 fully saturated rings. The van der Waals surface area contributed by atoms with Crippen molar-refractivity contribution in [1.29, 1.82) is 0 Å². The summed E-state index contributed by atoms with van der Waals surface area (Å²) in [5, 5.41) is 0. The average molecular weight is 305 g/mol. The minimum Gasteiger partial charge on any atom is -0.473 e. The van der Waals surface area contributed by atoms with Gasteiger partial charge in [0.1, 0.15) is 11.7 Å². The number of hydrogen-bond acceptors (Lipinski definition) is 5. The predicted molar refractivity (Wildman–Crippen MR) is 80.6 cm³/mol. The molecular weight excluding hydrogens is 282 g/mol. The lowest BCUT2D eigenvalue weighted by molar-refractivity contribution is -0.193. The van der Waals surface area contributed by atoms with Gasteiger partial charge >= 0.3 is 0 Å². The summed E-state index contributed by atoms with van der Waals surface area (Å²) in [5.41, 5.74) is 0.628. The van der Waals surface area contributed by atoms with E-state index in [0.717, 1.165) is 25.0 Å². The summed E-state index contributed by atoms with van der Waals surface area (Å²) in [6.07, 6.45) is 6.59. The summed E-state index contributed by atoms with van der Waals surface area (Å²) < 4.78 is 11.9. The van der Waals surface area contributed by atoms with Crippen LogP contribution in [0.15, 0.2) is 12.4 Å². The van der Waals surface area contributed by atoms with Gasteiger partial charge in [-0.1, -0.05) is 6.92 Å². The van der Waals surface area contributed by atoms with Gasteiger partial charge in [0, 0.05) is 25.5 Å². The maximum absolute atomic E-state index is 11.9. The smallest absolute Gasteiger partial charge is 0.232 e. The van der Waals surface area contributed by atoms with Gasteiger partial charge in [-0.25, -0.2) is 4.98 Å². The molecule has 22 heavy (non-hydrogen) atoms. The van der Waals surface area contributed by atoms with E-state index in [1.54, 1.807) is 12.4 Å². The molecule has 6 heteroatoms. The van der Waals surface area contributed by atoms with Gasteiger partial charge in [0.25, 0.3) is 0 Å². The van der Waals surface area contributed by atoms with E-state index in [1.807, 2.05) is 18.7 Å². The van der Waals surface area contributed by atoms with E-state index >= 15 is 0 Å². The quantitative estimate of drug-likeness (QED) is 0.847. The van der Waals surface area contributed by atoms with Crippen molar-refractivity contribution in [1.82, 2.24) is 14.9 Å². The Morgan fingerprint density at radius 2 is 2.32 bits per heavy atom. The van der Waals surface area contributed by atoms with E-state index in [0.29, 0.717) is 32.0 Å². The molecule has 2 saturated heterocycles. The molecule has 1 amide bonds. The first-order chi connectivity index (χ1) is 10.6. The molecule has 1 aromatic rings. The van der Waals surface area contributed by atoms with Crippen LogP contribution in [0, 0.1) is 6.92 Å². The molecule has 1 atom stereocenters. The van der Waals surface area contributed by atoms with Gasteiger partial charge in [0.15, 0.2) is 0 Å². The Kier molecular flexibility index (Phi) is 4.29. The van der Waals surface area contributed by atoms with Crippen molar-refractivity contribution in [3.63, 3.8) is 0 Å². The number of aromatic nitrogens is 2. The summed E-state index contributed by atoms with van der Waals surface area (Å²) in [6, 6.07) is 0. The van der Waals surface area contributed by atoms with Crippen LogP contribution in [-0.4, -0.2) is 52.2 Å². The highest BCUT2D eigenvalue weighted by atomic mass is 16.5. The summed E-state index contributed by atoms with van der Waals surface area (Å²) in [4.78, 5) is 22.2. The molecule has 0 bridgehead atoms. The zero-order valence-corrected chi connectivity index (χ0v) is 13.2. The van der Waals surface area contributed by atoms with Crippen molar-refractivity contribution in [2.45, 2.75) is 51.2 Å². The number of carbonyl (C=O) groups is 1. The third-order valence-corrected chi connectivity index (χ3v) is 4.24. The van der Waals surface area contributed by atoms with E-state index < -0.39 is 0 Å². The fourth-order valence-corrected chi connectivity index (χ4v) is 3.17. The Balaban J connectivity index is 1.56. The molecule has 6 nitrogen and oxygen atoms in total. The van der Waals surface area contributed by atoms with E-state index in [2.05, 4.69) is 9.97 Å². The minimum absolute atomic E-state index is 0.0771. The predicted octanol–water partition coefficient (Wildman–Crippen LogP) is 1.72. The number of amides is 1. The number of rotatable bonds is 4. The second-order valence-electron chi connectivity index (χ2n) is 6.26. The maximum atomic E-state index is 11.9. The molecule has 3 rings (SSSR count). The van der Waals surface area contributed by atoms with Crippen LogP contribution in [0.3, 0.4) is 0 Å².